The number of ketones is 1. The van der Waals surface area contributed by atoms with E-state index in [2.05, 4.69) is 19.2 Å². The van der Waals surface area contributed by atoms with E-state index in [4.69, 9.17) is 4.74 Å². The molecule has 2 aromatic carbocycles. The second-order valence-electron chi connectivity index (χ2n) is 5.82. The predicted molar refractivity (Wildman–Crippen MR) is 95.7 cm³/mol. The lowest BCUT2D eigenvalue weighted by atomic mass is 9.97. The molecule has 4 heteroatoms. The van der Waals surface area contributed by atoms with Crippen molar-refractivity contribution in [3.8, 4) is 5.75 Å². The molecule has 1 amide bonds. The highest BCUT2D eigenvalue weighted by Crippen LogP contribution is 2.26. The number of anilines is 1. The maximum absolute atomic E-state index is 12.2. The molecule has 0 aliphatic rings. The van der Waals surface area contributed by atoms with Crippen LogP contribution in [0.25, 0.3) is 0 Å². The minimum absolute atomic E-state index is 0.0348. The summed E-state index contributed by atoms with van der Waals surface area (Å²) in [7, 11) is 0. The summed E-state index contributed by atoms with van der Waals surface area (Å²) >= 11 is 0. The quantitative estimate of drug-likeness (QED) is 0.767. The molecule has 0 aromatic heterocycles. The number of hydrogen-bond donors (Lipinski definition) is 1. The molecule has 0 saturated heterocycles. The Labute approximate surface area is 142 Å². The minimum Gasteiger partial charge on any atom is -0.484 e. The smallest absolute Gasteiger partial charge is 0.262 e. The first-order valence-corrected chi connectivity index (χ1v) is 8.13. The van der Waals surface area contributed by atoms with Crippen LogP contribution in [-0.4, -0.2) is 18.3 Å². The summed E-state index contributed by atoms with van der Waals surface area (Å²) in [5, 5.41) is 2.90. The number of benzene rings is 2. The Hall–Kier alpha value is -2.62. The molecule has 2 rings (SSSR count). The number of nitrogens with one attached hydrogen (secondary N) is 1. The lowest BCUT2D eigenvalue weighted by Crippen LogP contribution is -2.21. The molecular weight excluding hydrogens is 302 g/mol. The third-order valence-corrected chi connectivity index (χ3v) is 3.99. The van der Waals surface area contributed by atoms with Crippen molar-refractivity contribution in [3.63, 3.8) is 0 Å². The Kier molecular flexibility index (Phi) is 6.13. The van der Waals surface area contributed by atoms with E-state index in [0.717, 1.165) is 17.7 Å². The van der Waals surface area contributed by atoms with Gasteiger partial charge in [0, 0.05) is 11.3 Å². The van der Waals surface area contributed by atoms with Crippen LogP contribution in [-0.2, 0) is 4.79 Å². The highest BCUT2D eigenvalue weighted by atomic mass is 16.5. The van der Waals surface area contributed by atoms with E-state index in [0.29, 0.717) is 17.2 Å². The number of hydrogen-bond acceptors (Lipinski definition) is 3. The van der Waals surface area contributed by atoms with Gasteiger partial charge in [-0.2, -0.15) is 0 Å². The first kappa shape index (κ1) is 17.7. The Balaban J connectivity index is 1.99. The zero-order chi connectivity index (χ0) is 17.5. The van der Waals surface area contributed by atoms with E-state index in [1.54, 1.807) is 24.3 Å². The van der Waals surface area contributed by atoms with Gasteiger partial charge in [-0.15, -0.1) is 0 Å². The molecule has 24 heavy (non-hydrogen) atoms. The molecule has 0 radical (unpaired) electrons. The van der Waals surface area contributed by atoms with E-state index < -0.39 is 0 Å². The van der Waals surface area contributed by atoms with Crippen LogP contribution >= 0.6 is 0 Å². The largest absolute Gasteiger partial charge is 0.484 e. The fourth-order valence-corrected chi connectivity index (χ4v) is 2.40. The zero-order valence-electron chi connectivity index (χ0n) is 14.3. The number of carbonyl (C=O) groups is 2. The highest BCUT2D eigenvalue weighted by molar-refractivity contribution is 5.94. The van der Waals surface area contributed by atoms with Gasteiger partial charge in [-0.1, -0.05) is 44.2 Å². The third kappa shape index (κ3) is 4.69. The summed E-state index contributed by atoms with van der Waals surface area (Å²) in [6.07, 6.45) is 1.00. The Morgan fingerprint density at radius 1 is 1.12 bits per heavy atom. The van der Waals surface area contributed by atoms with E-state index in [9.17, 15) is 9.59 Å². The highest BCUT2D eigenvalue weighted by Gasteiger charge is 2.11. The van der Waals surface area contributed by atoms with Gasteiger partial charge < -0.3 is 10.1 Å². The molecule has 0 bridgehead atoms. The number of ether oxygens (including phenoxy) is 1. The second-order valence-corrected chi connectivity index (χ2v) is 5.82. The van der Waals surface area contributed by atoms with Gasteiger partial charge in [0.25, 0.3) is 5.91 Å². The Morgan fingerprint density at radius 2 is 1.88 bits per heavy atom. The third-order valence-electron chi connectivity index (χ3n) is 3.99. The molecule has 1 atom stereocenters. The standard InChI is InChI=1S/C20H23NO3/c1-4-14(2)18-10-5-6-11-19(18)21-20(23)13-24-17-9-7-8-16(12-17)15(3)22/h5-12,14H,4,13H2,1-3H3,(H,21,23). The van der Waals surface area contributed by atoms with Crippen LogP contribution in [0, 0.1) is 0 Å². The molecule has 0 fully saturated rings. The minimum atomic E-state index is -0.223. The molecule has 0 spiro atoms. The van der Waals surface area contributed by atoms with Crippen molar-refractivity contribution >= 4 is 17.4 Å². The van der Waals surface area contributed by atoms with Gasteiger partial charge in [0.05, 0.1) is 0 Å². The van der Waals surface area contributed by atoms with E-state index in [-0.39, 0.29) is 18.3 Å². The van der Waals surface area contributed by atoms with Gasteiger partial charge in [0.1, 0.15) is 5.75 Å². The van der Waals surface area contributed by atoms with Crippen molar-refractivity contribution in [2.45, 2.75) is 33.1 Å². The number of carbonyl (C=O) groups excluding carboxylic acids is 2. The topological polar surface area (TPSA) is 55.4 Å². The predicted octanol–water partition coefficient (Wildman–Crippen LogP) is 4.42. The summed E-state index contributed by atoms with van der Waals surface area (Å²) in [5.41, 5.74) is 2.50. The average Bonchev–Trinajstić information content (AvgIpc) is 2.60. The van der Waals surface area contributed by atoms with Gasteiger partial charge in [-0.3, -0.25) is 9.59 Å². The Bertz CT molecular complexity index is 724. The number of Topliss-reactive ketones (excluding diaryl/α,β-unsaturated/α-hetero) is 1. The number of amides is 1. The SMILES string of the molecule is CCC(C)c1ccccc1NC(=O)COc1cccc(C(C)=O)c1. The van der Waals surface area contributed by atoms with Crippen LogP contribution in [0.3, 0.4) is 0 Å². The first-order valence-electron chi connectivity index (χ1n) is 8.13. The first-order chi connectivity index (χ1) is 11.5. The van der Waals surface area contributed by atoms with Crippen LogP contribution in [0.15, 0.2) is 48.5 Å². The van der Waals surface area contributed by atoms with E-state index in [1.807, 2.05) is 24.3 Å². The summed E-state index contributed by atoms with van der Waals surface area (Å²) < 4.78 is 5.49. The number of rotatable bonds is 7. The van der Waals surface area contributed by atoms with Crippen LogP contribution in [0.5, 0.6) is 5.75 Å². The molecule has 1 unspecified atom stereocenters. The summed E-state index contributed by atoms with van der Waals surface area (Å²) in [5.74, 6) is 0.620. The van der Waals surface area contributed by atoms with Gasteiger partial charge in [-0.25, -0.2) is 0 Å². The fraction of sp³-hybridized carbons (Fsp3) is 0.300. The van der Waals surface area contributed by atoms with Crippen LogP contribution in [0.2, 0.25) is 0 Å². The summed E-state index contributed by atoms with van der Waals surface area (Å²) in [6, 6.07) is 14.6. The molecule has 0 heterocycles. The molecule has 126 valence electrons. The van der Waals surface area contributed by atoms with E-state index in [1.165, 1.54) is 6.92 Å². The number of para-hydroxylation sites is 1. The second kappa shape index (κ2) is 8.29. The van der Waals surface area contributed by atoms with Crippen molar-refractivity contribution in [1.29, 1.82) is 0 Å². The normalized spacial score (nSPS) is 11.6. The van der Waals surface area contributed by atoms with Crippen molar-refractivity contribution in [2.24, 2.45) is 0 Å². The van der Waals surface area contributed by atoms with Crippen molar-refractivity contribution < 1.29 is 14.3 Å². The fourth-order valence-electron chi connectivity index (χ4n) is 2.40. The summed E-state index contributed by atoms with van der Waals surface area (Å²) in [6.45, 7) is 5.65. The van der Waals surface area contributed by atoms with Crippen molar-refractivity contribution in [1.82, 2.24) is 0 Å². The van der Waals surface area contributed by atoms with Crippen LogP contribution < -0.4 is 10.1 Å². The van der Waals surface area contributed by atoms with Crippen LogP contribution in [0.1, 0.15) is 49.0 Å². The molecule has 1 N–H and O–H groups in total. The lowest BCUT2D eigenvalue weighted by molar-refractivity contribution is -0.118. The van der Waals surface area contributed by atoms with Gasteiger partial charge in [0.15, 0.2) is 12.4 Å². The van der Waals surface area contributed by atoms with Gasteiger partial charge in [-0.05, 0) is 43.0 Å². The average molecular weight is 325 g/mol. The molecule has 2 aromatic rings. The molecule has 4 nitrogen and oxygen atoms in total. The maximum atomic E-state index is 12.2. The monoisotopic (exact) mass is 325 g/mol. The summed E-state index contributed by atoms with van der Waals surface area (Å²) in [4.78, 5) is 23.5. The van der Waals surface area contributed by atoms with Gasteiger partial charge in [0.2, 0.25) is 0 Å². The molecule has 0 aliphatic carbocycles. The van der Waals surface area contributed by atoms with Crippen LogP contribution in [0.4, 0.5) is 5.69 Å². The molecule has 0 aliphatic heterocycles. The van der Waals surface area contributed by atoms with Crippen molar-refractivity contribution in [2.75, 3.05) is 11.9 Å². The van der Waals surface area contributed by atoms with Gasteiger partial charge >= 0.3 is 0 Å². The molecular formula is C20H23NO3. The lowest BCUT2D eigenvalue weighted by Gasteiger charge is -2.15. The van der Waals surface area contributed by atoms with Crippen molar-refractivity contribution in [3.05, 3.63) is 59.7 Å². The maximum Gasteiger partial charge on any atom is 0.262 e. The zero-order valence-corrected chi connectivity index (χ0v) is 14.3. The van der Waals surface area contributed by atoms with E-state index >= 15 is 0 Å². The molecule has 0 saturated carbocycles. The Morgan fingerprint density at radius 3 is 2.58 bits per heavy atom.